The Hall–Kier alpha value is -2.03. The number of rotatable bonds is 5. The number of carbonyl (C=O) groups is 1. The van der Waals surface area contributed by atoms with E-state index in [2.05, 4.69) is 9.97 Å². The highest BCUT2D eigenvalue weighted by atomic mass is 19.3. The summed E-state index contributed by atoms with van der Waals surface area (Å²) < 4.78 is 37.6. The fourth-order valence-electron chi connectivity index (χ4n) is 3.82. The first-order valence-corrected chi connectivity index (χ1v) is 9.43. The molecule has 5 rings (SSSR count). The van der Waals surface area contributed by atoms with Gasteiger partial charge in [0.05, 0.1) is 39.1 Å². The van der Waals surface area contributed by atoms with Crippen LogP contribution in [0.3, 0.4) is 0 Å². The lowest BCUT2D eigenvalue weighted by Crippen LogP contribution is -2.56. The Morgan fingerprint density at radius 2 is 2.07 bits per heavy atom. The van der Waals surface area contributed by atoms with Crippen LogP contribution in [-0.4, -0.2) is 72.7 Å². The van der Waals surface area contributed by atoms with Gasteiger partial charge in [0.25, 0.3) is 17.7 Å². The third kappa shape index (κ3) is 3.22. The maximum Gasteiger partial charge on any atom is 0.282 e. The third-order valence-corrected chi connectivity index (χ3v) is 5.78. The van der Waals surface area contributed by atoms with E-state index in [1.807, 2.05) is 0 Å². The normalized spacial score (nSPS) is 25.3. The van der Waals surface area contributed by atoms with Crippen LogP contribution in [-0.2, 0) is 4.74 Å². The number of anilines is 1. The molecule has 0 radical (unpaired) electrons. The molecule has 7 nitrogen and oxygen atoms in total. The van der Waals surface area contributed by atoms with Gasteiger partial charge in [-0.2, -0.15) is 0 Å². The Bertz CT molecular complexity index is 759. The number of likely N-dealkylation sites (tertiary alicyclic amines) is 1. The number of hydrogen-bond donors (Lipinski definition) is 0. The van der Waals surface area contributed by atoms with E-state index in [9.17, 15) is 13.6 Å². The molecule has 1 amide bonds. The zero-order valence-electron chi connectivity index (χ0n) is 15.0. The molecule has 0 N–H and O–H groups in total. The van der Waals surface area contributed by atoms with Crippen molar-refractivity contribution in [2.45, 2.75) is 25.2 Å². The van der Waals surface area contributed by atoms with Gasteiger partial charge >= 0.3 is 0 Å². The molecular weight excluding hydrogens is 358 g/mol. The van der Waals surface area contributed by atoms with E-state index in [1.54, 1.807) is 4.90 Å². The first-order chi connectivity index (χ1) is 12.9. The van der Waals surface area contributed by atoms with Crippen LogP contribution in [0.5, 0.6) is 5.88 Å². The predicted molar refractivity (Wildman–Crippen MR) is 91.2 cm³/mol. The summed E-state index contributed by atoms with van der Waals surface area (Å²) in [5.74, 6) is -1.94. The molecule has 0 aromatic carbocycles. The summed E-state index contributed by atoms with van der Waals surface area (Å²) in [7, 11) is 0. The van der Waals surface area contributed by atoms with E-state index in [0.29, 0.717) is 44.6 Å². The van der Waals surface area contributed by atoms with Crippen LogP contribution < -0.4 is 9.64 Å². The summed E-state index contributed by atoms with van der Waals surface area (Å²) in [6.07, 6.45) is 4.50. The first-order valence-electron chi connectivity index (χ1n) is 9.43. The predicted octanol–water partition coefficient (Wildman–Crippen LogP) is 1.58. The topological polar surface area (TPSA) is 67.8 Å². The number of amides is 1. The van der Waals surface area contributed by atoms with Crippen molar-refractivity contribution in [1.82, 2.24) is 14.9 Å². The molecule has 4 fully saturated rings. The van der Waals surface area contributed by atoms with E-state index in [4.69, 9.17) is 9.47 Å². The van der Waals surface area contributed by atoms with Crippen molar-refractivity contribution in [2.75, 3.05) is 50.9 Å². The Kier molecular flexibility index (Phi) is 3.79. The molecule has 1 aromatic rings. The Morgan fingerprint density at radius 1 is 1.30 bits per heavy atom. The van der Waals surface area contributed by atoms with Gasteiger partial charge in [-0.3, -0.25) is 4.79 Å². The van der Waals surface area contributed by atoms with Gasteiger partial charge in [0.15, 0.2) is 11.5 Å². The second kappa shape index (κ2) is 5.98. The second-order valence-electron chi connectivity index (χ2n) is 8.32. The summed E-state index contributed by atoms with van der Waals surface area (Å²) in [5.41, 5.74) is 0.298. The molecule has 1 saturated carbocycles. The lowest BCUT2D eigenvalue weighted by molar-refractivity contribution is -0.103. The summed E-state index contributed by atoms with van der Waals surface area (Å²) >= 11 is 0. The summed E-state index contributed by atoms with van der Waals surface area (Å²) in [6.45, 7) is 2.40. The number of halogens is 2. The molecule has 27 heavy (non-hydrogen) atoms. The van der Waals surface area contributed by atoms with Crippen LogP contribution in [0.25, 0.3) is 0 Å². The minimum atomic E-state index is -2.71. The average Bonchev–Trinajstić information content (AvgIpc) is 3.31. The molecule has 0 atom stereocenters. The van der Waals surface area contributed by atoms with Crippen LogP contribution in [0.2, 0.25) is 0 Å². The number of aromatic nitrogens is 2. The maximum absolute atomic E-state index is 13.3. The zero-order chi connectivity index (χ0) is 18.6. The van der Waals surface area contributed by atoms with E-state index in [1.165, 1.54) is 11.1 Å². The van der Waals surface area contributed by atoms with Crippen LogP contribution in [0.1, 0.15) is 29.8 Å². The van der Waals surface area contributed by atoms with Gasteiger partial charge in [-0.1, -0.05) is 0 Å². The van der Waals surface area contributed by atoms with E-state index in [-0.39, 0.29) is 22.9 Å². The molecule has 4 aliphatic rings. The highest BCUT2D eigenvalue weighted by Crippen LogP contribution is 2.39. The van der Waals surface area contributed by atoms with Crippen LogP contribution >= 0.6 is 0 Å². The minimum absolute atomic E-state index is 0.0948. The fourth-order valence-corrected chi connectivity index (χ4v) is 3.82. The summed E-state index contributed by atoms with van der Waals surface area (Å²) in [4.78, 5) is 24.7. The molecule has 1 spiro atoms. The number of alkyl halides is 2. The van der Waals surface area contributed by atoms with Gasteiger partial charge in [-0.15, -0.1) is 0 Å². The van der Waals surface area contributed by atoms with E-state index >= 15 is 0 Å². The fraction of sp³-hybridized carbons (Fsp3) is 0.722. The maximum atomic E-state index is 13.3. The van der Waals surface area contributed by atoms with Crippen molar-refractivity contribution in [3.63, 3.8) is 0 Å². The zero-order valence-corrected chi connectivity index (χ0v) is 15.0. The molecular formula is C18H22F2N4O3. The van der Waals surface area contributed by atoms with Crippen LogP contribution in [0, 0.1) is 11.3 Å². The van der Waals surface area contributed by atoms with Gasteiger partial charge in [0.2, 0.25) is 0 Å². The SMILES string of the molecule is O=C(c1cnc(N2CC(F)(F)C2)c(OCC2CC2)n1)N1CCC2(COC2)C1. The van der Waals surface area contributed by atoms with E-state index in [0.717, 1.165) is 19.3 Å². The Labute approximate surface area is 155 Å². The highest BCUT2D eigenvalue weighted by molar-refractivity contribution is 5.92. The number of carbonyl (C=O) groups excluding carboxylic acids is 1. The van der Waals surface area contributed by atoms with Crippen molar-refractivity contribution in [1.29, 1.82) is 0 Å². The Balaban J connectivity index is 1.34. The van der Waals surface area contributed by atoms with Gasteiger partial charge in [0, 0.05) is 18.5 Å². The number of hydrogen-bond acceptors (Lipinski definition) is 6. The number of ether oxygens (including phenoxy) is 2. The number of nitrogens with zero attached hydrogens (tertiary/aromatic N) is 4. The van der Waals surface area contributed by atoms with Crippen molar-refractivity contribution >= 4 is 11.7 Å². The minimum Gasteiger partial charge on any atom is -0.475 e. The van der Waals surface area contributed by atoms with Crippen molar-refractivity contribution in [3.8, 4) is 5.88 Å². The molecule has 3 saturated heterocycles. The van der Waals surface area contributed by atoms with E-state index < -0.39 is 19.0 Å². The molecule has 0 bridgehead atoms. The molecule has 3 aliphatic heterocycles. The molecule has 4 heterocycles. The largest absolute Gasteiger partial charge is 0.475 e. The molecule has 146 valence electrons. The molecule has 0 unspecified atom stereocenters. The first kappa shape index (κ1) is 17.1. The quantitative estimate of drug-likeness (QED) is 0.773. The second-order valence-corrected chi connectivity index (χ2v) is 8.32. The van der Waals surface area contributed by atoms with Gasteiger partial charge < -0.3 is 19.3 Å². The summed E-state index contributed by atoms with van der Waals surface area (Å²) in [5, 5.41) is 0. The monoisotopic (exact) mass is 380 g/mol. The van der Waals surface area contributed by atoms with Gasteiger partial charge in [0.1, 0.15) is 0 Å². The molecule has 1 aromatic heterocycles. The average molecular weight is 380 g/mol. The third-order valence-electron chi connectivity index (χ3n) is 5.78. The van der Waals surface area contributed by atoms with Gasteiger partial charge in [-0.25, -0.2) is 18.7 Å². The standard InChI is InChI=1S/C18H22F2N4O3/c19-18(20)8-24(9-18)14-15(27-6-12-1-2-12)22-13(5-21-14)16(25)23-4-3-17(7-23)10-26-11-17/h5,12H,1-4,6-11H2. The lowest BCUT2D eigenvalue weighted by atomic mass is 9.85. The van der Waals surface area contributed by atoms with Gasteiger partial charge in [-0.05, 0) is 25.2 Å². The lowest BCUT2D eigenvalue weighted by Gasteiger charge is -2.39. The Morgan fingerprint density at radius 3 is 2.67 bits per heavy atom. The smallest absolute Gasteiger partial charge is 0.282 e. The van der Waals surface area contributed by atoms with Crippen molar-refractivity contribution in [3.05, 3.63) is 11.9 Å². The van der Waals surface area contributed by atoms with Crippen LogP contribution in [0.4, 0.5) is 14.6 Å². The summed E-state index contributed by atoms with van der Waals surface area (Å²) in [6, 6.07) is 0. The molecule has 9 heteroatoms. The highest BCUT2D eigenvalue weighted by Gasteiger charge is 2.47. The molecule has 1 aliphatic carbocycles. The van der Waals surface area contributed by atoms with Crippen molar-refractivity contribution < 1.29 is 23.0 Å². The van der Waals surface area contributed by atoms with Crippen molar-refractivity contribution in [2.24, 2.45) is 11.3 Å². The van der Waals surface area contributed by atoms with Crippen LogP contribution in [0.15, 0.2) is 6.20 Å².